The average molecular weight is 745 g/mol. The lowest BCUT2D eigenvalue weighted by Gasteiger charge is -2.26. The SMILES string of the molecule is c1ccc(N(c2ccc(-c3cccc(-c4ccc(N(c5ccccc5)c5ccc6oc7ccccc7c6c5)cc4)c3)cc2)c2ccc3oc4ccccc4c3c2)cc1. The van der Waals surface area contributed by atoms with E-state index < -0.39 is 0 Å². The van der Waals surface area contributed by atoms with Crippen molar-refractivity contribution in [1.29, 1.82) is 0 Å². The minimum Gasteiger partial charge on any atom is -0.456 e. The summed E-state index contributed by atoms with van der Waals surface area (Å²) in [6.45, 7) is 0. The Morgan fingerprint density at radius 2 is 0.586 bits per heavy atom. The Labute approximate surface area is 336 Å². The van der Waals surface area contributed by atoms with Crippen molar-refractivity contribution in [2.45, 2.75) is 0 Å². The van der Waals surface area contributed by atoms with Crippen LogP contribution in [-0.4, -0.2) is 0 Å². The molecule has 0 atom stereocenters. The van der Waals surface area contributed by atoms with Crippen molar-refractivity contribution in [3.63, 3.8) is 0 Å². The monoisotopic (exact) mass is 744 g/mol. The molecule has 0 aliphatic heterocycles. The number of hydrogen-bond donors (Lipinski definition) is 0. The van der Waals surface area contributed by atoms with Gasteiger partial charge in [-0.25, -0.2) is 0 Å². The molecule has 58 heavy (non-hydrogen) atoms. The van der Waals surface area contributed by atoms with Crippen LogP contribution in [0.2, 0.25) is 0 Å². The Morgan fingerprint density at radius 3 is 1.03 bits per heavy atom. The molecule has 4 heteroatoms. The highest BCUT2D eigenvalue weighted by molar-refractivity contribution is 6.07. The van der Waals surface area contributed by atoms with Gasteiger partial charge in [-0.05, 0) is 125 Å². The molecule has 0 saturated heterocycles. The van der Waals surface area contributed by atoms with Crippen LogP contribution in [-0.2, 0) is 0 Å². The molecule has 0 aliphatic rings. The van der Waals surface area contributed by atoms with Crippen LogP contribution in [0.15, 0.2) is 227 Å². The number of fused-ring (bicyclic) bond motifs is 6. The minimum absolute atomic E-state index is 0.887. The van der Waals surface area contributed by atoms with Crippen LogP contribution < -0.4 is 9.80 Å². The largest absolute Gasteiger partial charge is 0.456 e. The van der Waals surface area contributed by atoms with Crippen molar-refractivity contribution < 1.29 is 8.83 Å². The number of furan rings is 2. The molecule has 0 spiro atoms. The van der Waals surface area contributed by atoms with Crippen LogP contribution in [0.1, 0.15) is 0 Å². The summed E-state index contributed by atoms with van der Waals surface area (Å²) in [5, 5.41) is 4.44. The summed E-state index contributed by atoms with van der Waals surface area (Å²) < 4.78 is 12.3. The molecule has 9 aromatic carbocycles. The van der Waals surface area contributed by atoms with Gasteiger partial charge in [0.2, 0.25) is 0 Å². The zero-order valence-electron chi connectivity index (χ0n) is 31.5. The molecule has 0 unspecified atom stereocenters. The summed E-state index contributed by atoms with van der Waals surface area (Å²) >= 11 is 0. The van der Waals surface area contributed by atoms with Crippen LogP contribution in [0.3, 0.4) is 0 Å². The van der Waals surface area contributed by atoms with E-state index in [1.165, 1.54) is 0 Å². The molecule has 0 radical (unpaired) electrons. The van der Waals surface area contributed by atoms with Crippen molar-refractivity contribution in [2.24, 2.45) is 0 Å². The summed E-state index contributed by atoms with van der Waals surface area (Å²) in [4.78, 5) is 4.61. The maximum atomic E-state index is 6.16. The van der Waals surface area contributed by atoms with Crippen LogP contribution in [0, 0.1) is 0 Å². The molecule has 274 valence electrons. The van der Waals surface area contributed by atoms with E-state index in [0.29, 0.717) is 0 Å². The van der Waals surface area contributed by atoms with Gasteiger partial charge in [-0.1, -0.05) is 115 Å². The molecule has 0 fully saturated rings. The van der Waals surface area contributed by atoms with Gasteiger partial charge in [0.1, 0.15) is 22.3 Å². The molecule has 0 saturated carbocycles. The van der Waals surface area contributed by atoms with Crippen molar-refractivity contribution >= 4 is 78.0 Å². The summed E-state index contributed by atoms with van der Waals surface area (Å²) in [5.74, 6) is 0. The topological polar surface area (TPSA) is 32.8 Å². The normalized spacial score (nSPS) is 11.4. The van der Waals surface area contributed by atoms with Crippen LogP contribution in [0.25, 0.3) is 66.1 Å². The Hall–Kier alpha value is -7.82. The van der Waals surface area contributed by atoms with Gasteiger partial charge >= 0.3 is 0 Å². The first-order valence-corrected chi connectivity index (χ1v) is 19.6. The number of nitrogens with zero attached hydrogens (tertiary/aromatic N) is 2. The first-order valence-electron chi connectivity index (χ1n) is 19.6. The van der Waals surface area contributed by atoms with Gasteiger partial charge in [-0.2, -0.15) is 0 Å². The van der Waals surface area contributed by atoms with Gasteiger partial charge < -0.3 is 18.6 Å². The first kappa shape index (κ1) is 33.5. The van der Waals surface area contributed by atoms with E-state index in [1.807, 2.05) is 24.3 Å². The zero-order chi connectivity index (χ0) is 38.4. The molecule has 2 heterocycles. The molecule has 2 aromatic heterocycles. The van der Waals surface area contributed by atoms with Gasteiger partial charge in [-0.15, -0.1) is 0 Å². The number of benzene rings is 9. The van der Waals surface area contributed by atoms with Gasteiger partial charge in [0.15, 0.2) is 0 Å². The maximum absolute atomic E-state index is 6.16. The quantitative estimate of drug-likeness (QED) is 0.155. The van der Waals surface area contributed by atoms with E-state index in [2.05, 4.69) is 204 Å². The first-order chi connectivity index (χ1) is 28.7. The number of rotatable bonds is 8. The average Bonchev–Trinajstić information content (AvgIpc) is 3.86. The minimum atomic E-state index is 0.887. The van der Waals surface area contributed by atoms with E-state index in [0.717, 1.165) is 100 Å². The second-order valence-corrected chi connectivity index (χ2v) is 14.6. The van der Waals surface area contributed by atoms with E-state index in [4.69, 9.17) is 8.83 Å². The van der Waals surface area contributed by atoms with Crippen LogP contribution in [0.5, 0.6) is 0 Å². The fourth-order valence-electron chi connectivity index (χ4n) is 8.24. The second-order valence-electron chi connectivity index (χ2n) is 14.6. The summed E-state index contributed by atoms with van der Waals surface area (Å²) in [6.07, 6.45) is 0. The fourth-order valence-corrected chi connectivity index (χ4v) is 8.24. The zero-order valence-corrected chi connectivity index (χ0v) is 31.5. The molecule has 4 nitrogen and oxygen atoms in total. The van der Waals surface area contributed by atoms with Crippen molar-refractivity contribution in [3.05, 3.63) is 218 Å². The lowest BCUT2D eigenvalue weighted by molar-refractivity contribution is 0.668. The summed E-state index contributed by atoms with van der Waals surface area (Å²) in [5.41, 5.74) is 14.7. The lowest BCUT2D eigenvalue weighted by atomic mass is 9.98. The Kier molecular flexibility index (Phi) is 8.11. The van der Waals surface area contributed by atoms with Gasteiger partial charge in [0.05, 0.1) is 0 Å². The standard InChI is InChI=1S/C54H36N2O2/c1-3-14-41(15-4-1)55(45-30-32-53-49(35-45)47-18-7-9-20-51(47)57-53)43-26-22-37(23-27-43)39-12-11-13-40(34-39)38-24-28-44(29-25-38)56(42-16-5-2-6-17-42)46-31-33-54-50(36-46)48-19-8-10-21-52(48)58-54/h1-36H. The van der Waals surface area contributed by atoms with Gasteiger partial charge in [-0.3, -0.25) is 0 Å². The number of para-hydroxylation sites is 4. The predicted octanol–water partition coefficient (Wildman–Crippen LogP) is 15.8. The molecule has 0 N–H and O–H groups in total. The molecular weight excluding hydrogens is 709 g/mol. The van der Waals surface area contributed by atoms with E-state index in [-0.39, 0.29) is 0 Å². The third-order valence-electron chi connectivity index (χ3n) is 11.0. The van der Waals surface area contributed by atoms with E-state index >= 15 is 0 Å². The predicted molar refractivity (Wildman–Crippen MR) is 241 cm³/mol. The molecule has 0 bridgehead atoms. The third kappa shape index (κ3) is 5.96. The van der Waals surface area contributed by atoms with E-state index in [9.17, 15) is 0 Å². The van der Waals surface area contributed by atoms with Crippen molar-refractivity contribution in [3.8, 4) is 22.3 Å². The number of hydrogen-bond acceptors (Lipinski definition) is 4. The smallest absolute Gasteiger partial charge is 0.135 e. The van der Waals surface area contributed by atoms with Gasteiger partial charge in [0, 0.05) is 55.7 Å². The molecule has 0 amide bonds. The lowest BCUT2D eigenvalue weighted by Crippen LogP contribution is -2.09. The molecular formula is C54H36N2O2. The second kappa shape index (κ2) is 14.0. The Bertz CT molecular complexity index is 3000. The highest BCUT2D eigenvalue weighted by atomic mass is 16.3. The van der Waals surface area contributed by atoms with Crippen LogP contribution >= 0.6 is 0 Å². The van der Waals surface area contributed by atoms with E-state index in [1.54, 1.807) is 0 Å². The Morgan fingerprint density at radius 1 is 0.224 bits per heavy atom. The maximum Gasteiger partial charge on any atom is 0.135 e. The number of anilines is 6. The van der Waals surface area contributed by atoms with Crippen LogP contribution in [0.4, 0.5) is 34.1 Å². The molecule has 11 aromatic rings. The molecule has 11 rings (SSSR count). The highest BCUT2D eigenvalue weighted by Gasteiger charge is 2.17. The third-order valence-corrected chi connectivity index (χ3v) is 11.0. The Balaban J connectivity index is 0.908. The highest BCUT2D eigenvalue weighted by Crippen LogP contribution is 2.41. The van der Waals surface area contributed by atoms with Crippen molar-refractivity contribution in [2.75, 3.05) is 9.80 Å². The van der Waals surface area contributed by atoms with Crippen molar-refractivity contribution in [1.82, 2.24) is 0 Å². The molecule has 0 aliphatic carbocycles. The summed E-state index contributed by atoms with van der Waals surface area (Å²) in [6, 6.07) is 76.9. The summed E-state index contributed by atoms with van der Waals surface area (Å²) in [7, 11) is 0. The fraction of sp³-hybridized carbons (Fsp3) is 0. The van der Waals surface area contributed by atoms with Gasteiger partial charge in [0.25, 0.3) is 0 Å².